The second-order valence-corrected chi connectivity index (χ2v) is 5.00. The van der Waals surface area contributed by atoms with Crippen LogP contribution in [0.1, 0.15) is 26.3 Å². The molecule has 0 aliphatic rings. The van der Waals surface area contributed by atoms with Gasteiger partial charge in [0.1, 0.15) is 5.82 Å². The minimum atomic E-state index is -0.109. The SMILES string of the molecule is CNC(Cc1ccccc1F)C(C)(C)C. The fourth-order valence-electron chi connectivity index (χ4n) is 1.73. The first-order valence-electron chi connectivity index (χ1n) is 5.36. The first-order valence-corrected chi connectivity index (χ1v) is 5.36. The minimum Gasteiger partial charge on any atom is -0.316 e. The van der Waals surface area contributed by atoms with E-state index in [1.807, 2.05) is 19.2 Å². The van der Waals surface area contributed by atoms with Crippen molar-refractivity contribution in [3.05, 3.63) is 35.6 Å². The third kappa shape index (κ3) is 3.31. The van der Waals surface area contributed by atoms with Gasteiger partial charge < -0.3 is 5.32 Å². The lowest BCUT2D eigenvalue weighted by Gasteiger charge is -2.30. The highest BCUT2D eigenvalue weighted by atomic mass is 19.1. The van der Waals surface area contributed by atoms with E-state index in [1.54, 1.807) is 6.07 Å². The van der Waals surface area contributed by atoms with Gasteiger partial charge in [0.15, 0.2) is 0 Å². The van der Waals surface area contributed by atoms with Crippen molar-refractivity contribution in [2.24, 2.45) is 5.41 Å². The summed E-state index contributed by atoms with van der Waals surface area (Å²) in [5, 5.41) is 3.25. The predicted octanol–water partition coefficient (Wildman–Crippen LogP) is 3.00. The molecule has 0 saturated heterocycles. The zero-order valence-electron chi connectivity index (χ0n) is 9.97. The summed E-state index contributed by atoms with van der Waals surface area (Å²) >= 11 is 0. The van der Waals surface area contributed by atoms with Crippen molar-refractivity contribution in [1.29, 1.82) is 0 Å². The Kier molecular flexibility index (Phi) is 3.86. The molecule has 1 atom stereocenters. The molecule has 0 fully saturated rings. The lowest BCUT2D eigenvalue weighted by Crippen LogP contribution is -2.39. The molecule has 0 aliphatic heterocycles. The quantitative estimate of drug-likeness (QED) is 0.807. The molecule has 1 aromatic rings. The molecule has 0 bridgehead atoms. The van der Waals surface area contributed by atoms with Crippen LogP contribution in [0.25, 0.3) is 0 Å². The van der Waals surface area contributed by atoms with E-state index >= 15 is 0 Å². The van der Waals surface area contributed by atoms with Gasteiger partial charge in [0, 0.05) is 6.04 Å². The van der Waals surface area contributed by atoms with E-state index in [2.05, 4.69) is 26.1 Å². The van der Waals surface area contributed by atoms with Crippen LogP contribution >= 0.6 is 0 Å². The number of likely N-dealkylation sites (N-methyl/N-ethyl adjacent to an activating group) is 1. The summed E-state index contributed by atoms with van der Waals surface area (Å²) in [6.07, 6.45) is 0.729. The van der Waals surface area contributed by atoms with Gasteiger partial charge in [-0.05, 0) is 30.5 Å². The topological polar surface area (TPSA) is 12.0 Å². The summed E-state index contributed by atoms with van der Waals surface area (Å²) in [4.78, 5) is 0. The van der Waals surface area contributed by atoms with E-state index in [-0.39, 0.29) is 17.3 Å². The maximum absolute atomic E-state index is 13.4. The maximum Gasteiger partial charge on any atom is 0.126 e. The van der Waals surface area contributed by atoms with Crippen molar-refractivity contribution >= 4 is 0 Å². The molecule has 0 heterocycles. The second-order valence-electron chi connectivity index (χ2n) is 5.00. The highest BCUT2D eigenvalue weighted by Crippen LogP contribution is 2.23. The number of hydrogen-bond donors (Lipinski definition) is 1. The first-order chi connectivity index (χ1) is 6.95. The molecule has 1 rings (SSSR count). The van der Waals surface area contributed by atoms with Crippen LogP contribution in [-0.2, 0) is 6.42 Å². The monoisotopic (exact) mass is 209 g/mol. The molecule has 0 amide bonds. The Labute approximate surface area is 91.7 Å². The normalized spacial score (nSPS) is 13.9. The van der Waals surface area contributed by atoms with E-state index in [0.717, 1.165) is 12.0 Å². The summed E-state index contributed by atoms with van der Waals surface area (Å²) < 4.78 is 13.4. The Morgan fingerprint density at radius 2 is 1.87 bits per heavy atom. The van der Waals surface area contributed by atoms with Crippen LogP contribution in [0.5, 0.6) is 0 Å². The molecule has 0 spiro atoms. The number of nitrogens with one attached hydrogen (secondary N) is 1. The molecule has 15 heavy (non-hydrogen) atoms. The molecule has 2 heteroatoms. The van der Waals surface area contributed by atoms with Crippen LogP contribution in [0.2, 0.25) is 0 Å². The van der Waals surface area contributed by atoms with Gasteiger partial charge in [0.25, 0.3) is 0 Å². The fraction of sp³-hybridized carbons (Fsp3) is 0.538. The van der Waals surface area contributed by atoms with Crippen LogP contribution < -0.4 is 5.32 Å². The zero-order valence-corrected chi connectivity index (χ0v) is 9.97. The van der Waals surface area contributed by atoms with Crippen molar-refractivity contribution in [2.45, 2.75) is 33.2 Å². The third-order valence-electron chi connectivity index (χ3n) is 2.78. The van der Waals surface area contributed by atoms with Crippen molar-refractivity contribution < 1.29 is 4.39 Å². The Bertz CT molecular complexity index is 315. The largest absolute Gasteiger partial charge is 0.316 e. The lowest BCUT2D eigenvalue weighted by atomic mass is 9.83. The summed E-state index contributed by atoms with van der Waals surface area (Å²) in [5.41, 5.74) is 0.920. The van der Waals surface area contributed by atoms with Crippen LogP contribution in [-0.4, -0.2) is 13.1 Å². The molecule has 0 saturated carbocycles. The summed E-state index contributed by atoms with van der Waals surface area (Å²) in [5.74, 6) is -0.109. The van der Waals surface area contributed by atoms with Gasteiger partial charge in [-0.15, -0.1) is 0 Å². The molecular formula is C13H20FN. The van der Waals surface area contributed by atoms with Gasteiger partial charge in [-0.1, -0.05) is 39.0 Å². The van der Waals surface area contributed by atoms with E-state index in [0.29, 0.717) is 0 Å². The number of benzene rings is 1. The highest BCUT2D eigenvalue weighted by Gasteiger charge is 2.23. The smallest absolute Gasteiger partial charge is 0.126 e. The standard InChI is InChI=1S/C13H20FN/c1-13(2,3)12(15-4)9-10-7-5-6-8-11(10)14/h5-8,12,15H,9H2,1-4H3. The Balaban J connectivity index is 2.80. The van der Waals surface area contributed by atoms with Gasteiger partial charge in [0.05, 0.1) is 0 Å². The second kappa shape index (κ2) is 4.75. The van der Waals surface area contributed by atoms with Crippen LogP contribution in [0.3, 0.4) is 0 Å². The molecular weight excluding hydrogens is 189 g/mol. The predicted molar refractivity (Wildman–Crippen MR) is 62.4 cm³/mol. The molecule has 1 unspecified atom stereocenters. The molecule has 1 N–H and O–H groups in total. The molecule has 1 nitrogen and oxygen atoms in total. The zero-order chi connectivity index (χ0) is 11.5. The maximum atomic E-state index is 13.4. The van der Waals surface area contributed by atoms with E-state index in [4.69, 9.17) is 0 Å². The molecule has 84 valence electrons. The fourth-order valence-corrected chi connectivity index (χ4v) is 1.73. The molecule has 0 aliphatic carbocycles. The number of rotatable bonds is 3. The number of halogens is 1. The van der Waals surface area contributed by atoms with Crippen molar-refractivity contribution in [2.75, 3.05) is 7.05 Å². The van der Waals surface area contributed by atoms with Gasteiger partial charge in [-0.25, -0.2) is 4.39 Å². The molecule has 0 aromatic heterocycles. The Hall–Kier alpha value is -0.890. The molecule has 0 radical (unpaired) electrons. The summed E-state index contributed by atoms with van der Waals surface area (Å²) in [7, 11) is 1.93. The van der Waals surface area contributed by atoms with Crippen LogP contribution in [0.4, 0.5) is 4.39 Å². The average Bonchev–Trinajstić information content (AvgIpc) is 2.14. The lowest BCUT2D eigenvalue weighted by molar-refractivity contribution is 0.278. The van der Waals surface area contributed by atoms with E-state index in [1.165, 1.54) is 6.07 Å². The van der Waals surface area contributed by atoms with Gasteiger partial charge in [0.2, 0.25) is 0 Å². The van der Waals surface area contributed by atoms with Crippen LogP contribution in [0.15, 0.2) is 24.3 Å². The van der Waals surface area contributed by atoms with Crippen LogP contribution in [0, 0.1) is 11.2 Å². The van der Waals surface area contributed by atoms with Gasteiger partial charge in [-0.2, -0.15) is 0 Å². The number of hydrogen-bond acceptors (Lipinski definition) is 1. The van der Waals surface area contributed by atoms with Crippen molar-refractivity contribution in [3.8, 4) is 0 Å². The minimum absolute atomic E-state index is 0.109. The van der Waals surface area contributed by atoms with Crippen molar-refractivity contribution in [1.82, 2.24) is 5.32 Å². The highest BCUT2D eigenvalue weighted by molar-refractivity contribution is 5.18. The third-order valence-corrected chi connectivity index (χ3v) is 2.78. The first kappa shape index (κ1) is 12.2. The Morgan fingerprint density at radius 1 is 1.27 bits per heavy atom. The van der Waals surface area contributed by atoms with E-state index < -0.39 is 0 Å². The van der Waals surface area contributed by atoms with Gasteiger partial charge >= 0.3 is 0 Å². The van der Waals surface area contributed by atoms with Gasteiger partial charge in [-0.3, -0.25) is 0 Å². The average molecular weight is 209 g/mol. The summed E-state index contributed by atoms with van der Waals surface area (Å²) in [6.45, 7) is 6.49. The van der Waals surface area contributed by atoms with E-state index in [9.17, 15) is 4.39 Å². The summed E-state index contributed by atoms with van der Waals surface area (Å²) in [6, 6.07) is 7.27. The molecule has 1 aromatic carbocycles. The van der Waals surface area contributed by atoms with Crippen molar-refractivity contribution in [3.63, 3.8) is 0 Å². The Morgan fingerprint density at radius 3 is 2.33 bits per heavy atom.